The second kappa shape index (κ2) is 12.6. The van der Waals surface area contributed by atoms with E-state index in [1.165, 1.54) is 11.1 Å². The van der Waals surface area contributed by atoms with Crippen LogP contribution in [-0.2, 0) is 24.2 Å². The molecule has 26 heavy (non-hydrogen) atoms. The summed E-state index contributed by atoms with van der Waals surface area (Å²) >= 11 is 1.90. The second-order valence-corrected chi connectivity index (χ2v) is 6.22. The van der Waals surface area contributed by atoms with Crippen molar-refractivity contribution in [1.29, 1.82) is 0 Å². The number of benzene rings is 2. The molecule has 1 aliphatic heterocycles. The number of halogens is 2. The van der Waals surface area contributed by atoms with Crippen molar-refractivity contribution in [1.82, 2.24) is 0 Å². The van der Waals surface area contributed by atoms with Crippen LogP contribution in [-0.4, -0.2) is 23.8 Å². The topological polar surface area (TPSA) is 9.23 Å². The van der Waals surface area contributed by atoms with Gasteiger partial charge in [0.1, 0.15) is 6.10 Å². The normalized spacial score (nSPS) is 27.0. The van der Waals surface area contributed by atoms with Gasteiger partial charge in [-0.2, -0.15) is 0 Å². The maximum absolute atomic E-state index is 6.32. The minimum absolute atomic E-state index is 0. The third-order valence-electron chi connectivity index (χ3n) is 4.62. The minimum atomic E-state index is -0.0413. The smallest absolute Gasteiger partial charge is 1.00 e. The fourth-order valence-corrected chi connectivity index (χ4v) is 2.94. The van der Waals surface area contributed by atoms with Crippen LogP contribution in [0.2, 0.25) is 0 Å². The molecule has 0 aliphatic carbocycles. The summed E-state index contributed by atoms with van der Waals surface area (Å²) in [4.78, 5) is 3.22. The Balaban J connectivity index is 0.00000151. The molecule has 0 spiro atoms. The van der Waals surface area contributed by atoms with Gasteiger partial charge in [0.15, 0.2) is 6.23 Å². The van der Waals surface area contributed by atoms with Crippen LogP contribution >= 0.6 is 22.6 Å². The number of hydrogen-bond donors (Lipinski definition) is 0. The van der Waals surface area contributed by atoms with E-state index in [-0.39, 0.29) is 55.8 Å². The molecule has 0 bridgehead atoms. The molecule has 4 atom stereocenters. The number of ether oxygens (including phenoxy) is 1. The number of nitrogens with zero attached hydrogens (tertiary/aromatic N) is 1. The molecule has 2 nitrogen and oxygen atoms in total. The number of likely N-dealkylation sites (N-methyl/N-ethyl adjacent to an activating group) is 1. The van der Waals surface area contributed by atoms with Crippen LogP contribution in [0, 0.1) is 12.0 Å². The third kappa shape index (κ3) is 6.37. The molecule has 0 amide bonds. The van der Waals surface area contributed by atoms with E-state index in [2.05, 4.69) is 74.5 Å². The van der Waals surface area contributed by atoms with Gasteiger partial charge in [-0.3, -0.25) is 4.93 Å². The summed E-state index contributed by atoms with van der Waals surface area (Å²) in [5, 5.41) is 0. The average Bonchev–Trinajstić information content (AvgIpc) is 2.86. The molecule has 5 heteroatoms. The van der Waals surface area contributed by atoms with Gasteiger partial charge < -0.3 is 55.8 Å². The number of quaternary nitrogens is 1. The zero-order chi connectivity index (χ0) is 17.6. The second-order valence-electron chi connectivity index (χ2n) is 6.22. The van der Waals surface area contributed by atoms with Crippen LogP contribution in [0.15, 0.2) is 66.7 Å². The Morgan fingerprint density at radius 2 is 1.50 bits per heavy atom. The quantitative estimate of drug-likeness (QED) is 0.221. The van der Waals surface area contributed by atoms with Gasteiger partial charge in [0.05, 0.1) is 6.04 Å². The van der Waals surface area contributed by atoms with Gasteiger partial charge in [-0.15, -0.1) is 7.05 Å². The Morgan fingerprint density at radius 1 is 1.00 bits per heavy atom. The molecule has 136 valence electrons. The molecule has 2 aromatic rings. The Kier molecular flexibility index (Phi) is 12.7. The van der Waals surface area contributed by atoms with Crippen molar-refractivity contribution in [2.45, 2.75) is 25.3 Å². The summed E-state index contributed by atoms with van der Waals surface area (Å²) in [5.74, 6) is 0. The molecule has 1 heterocycles. The fraction of sp³-hybridized carbons (Fsp3) is 0.238. The van der Waals surface area contributed by atoms with Gasteiger partial charge in [0.25, 0.3) is 0 Å². The van der Waals surface area contributed by atoms with E-state index < -0.39 is 0 Å². The zero-order valence-electron chi connectivity index (χ0n) is 15.4. The SMILES string of the molecule is [CH2-]I.[CH2-][N+]1(C)[C@H](C)[C@@H](c2ccccc2)O[C@@H]1/C=C/c1ccccc1.[I-].[Zn+2]. The van der Waals surface area contributed by atoms with E-state index in [9.17, 15) is 0 Å². The van der Waals surface area contributed by atoms with Crippen molar-refractivity contribution in [2.75, 3.05) is 7.05 Å². The summed E-state index contributed by atoms with van der Waals surface area (Å²) in [5.41, 5.74) is 2.40. The van der Waals surface area contributed by atoms with Crippen LogP contribution in [0.4, 0.5) is 0 Å². The maximum atomic E-state index is 6.32. The van der Waals surface area contributed by atoms with E-state index in [0.717, 1.165) is 0 Å². The fourth-order valence-electron chi connectivity index (χ4n) is 2.94. The number of rotatable bonds is 3. The molecule has 0 aromatic heterocycles. The maximum Gasteiger partial charge on any atom is 2.00 e. The summed E-state index contributed by atoms with van der Waals surface area (Å²) in [6.07, 6.45) is 4.28. The van der Waals surface area contributed by atoms with Gasteiger partial charge in [-0.1, -0.05) is 66.7 Å². The van der Waals surface area contributed by atoms with Crippen LogP contribution in [0.5, 0.6) is 0 Å². The predicted molar refractivity (Wildman–Crippen MR) is 110 cm³/mol. The largest absolute Gasteiger partial charge is 2.00 e. The molecular formula is C21H25I2NOZn. The van der Waals surface area contributed by atoms with Gasteiger partial charge in [-0.25, -0.2) is 0 Å². The van der Waals surface area contributed by atoms with Crippen molar-refractivity contribution in [3.05, 3.63) is 89.8 Å². The standard InChI is InChI=1S/C20H23NO.CH2I.HI.Zn/c1-16-20(18-12-8-5-9-13-18)22-19(21(16,2)3)15-14-17-10-6-4-7-11-17;1-2;;/h4-16,19-20H,2H2,1,3H3;1H2;1H;/q;-1;;+2/p-1/b15-14+;;;/t16-,19-,20+,21?;;;/m1.../s1. The van der Waals surface area contributed by atoms with E-state index in [4.69, 9.17) is 4.74 Å². The summed E-state index contributed by atoms with van der Waals surface area (Å²) < 4.78 is 6.91. The average molecular weight is 627 g/mol. The minimum Gasteiger partial charge on any atom is -1.00 e. The third-order valence-corrected chi connectivity index (χ3v) is 4.62. The molecule has 3 rings (SSSR count). The summed E-state index contributed by atoms with van der Waals surface area (Å²) in [6.45, 7) is 2.21. The van der Waals surface area contributed by atoms with Crippen LogP contribution in [0.25, 0.3) is 6.08 Å². The van der Waals surface area contributed by atoms with Crippen molar-refractivity contribution >= 4 is 28.7 Å². The van der Waals surface area contributed by atoms with E-state index in [1.807, 2.05) is 46.9 Å². The monoisotopic (exact) mass is 625 g/mol. The molecular weight excluding hydrogens is 601 g/mol. The van der Waals surface area contributed by atoms with E-state index in [1.54, 1.807) is 0 Å². The van der Waals surface area contributed by atoms with Crippen molar-refractivity contribution in [3.8, 4) is 0 Å². The van der Waals surface area contributed by atoms with Gasteiger partial charge in [-0.05, 0) is 18.1 Å². The summed E-state index contributed by atoms with van der Waals surface area (Å²) in [6, 6.07) is 21.0. The number of hydrogen-bond acceptors (Lipinski definition) is 1. The molecule has 2 aromatic carbocycles. The molecule has 0 radical (unpaired) electrons. The summed E-state index contributed by atoms with van der Waals surface area (Å²) in [7, 11) is 6.51. The van der Waals surface area contributed by atoms with Crippen molar-refractivity contribution in [2.24, 2.45) is 0 Å². The van der Waals surface area contributed by atoms with E-state index >= 15 is 0 Å². The molecule has 0 saturated carbocycles. The predicted octanol–water partition coefficient (Wildman–Crippen LogP) is 2.64. The first-order chi connectivity index (χ1) is 11.6. The first-order valence-electron chi connectivity index (χ1n) is 7.99. The molecule has 0 N–H and O–H groups in total. The molecule has 1 saturated heterocycles. The van der Waals surface area contributed by atoms with Gasteiger partial charge in [0.2, 0.25) is 0 Å². The Hall–Kier alpha value is 0.183. The van der Waals surface area contributed by atoms with Gasteiger partial charge >= 0.3 is 19.5 Å². The Bertz CT molecular complexity index is 650. The van der Waals surface area contributed by atoms with Crippen LogP contribution in [0.3, 0.4) is 0 Å². The first kappa shape index (κ1) is 26.2. The Morgan fingerprint density at radius 3 is 2.04 bits per heavy atom. The van der Waals surface area contributed by atoms with Crippen molar-refractivity contribution in [3.63, 3.8) is 0 Å². The molecule has 1 unspecified atom stereocenters. The Labute approximate surface area is 201 Å². The van der Waals surface area contributed by atoms with Crippen LogP contribution in [0.1, 0.15) is 24.2 Å². The molecule has 1 fully saturated rings. The molecule has 1 aliphatic rings. The zero-order valence-corrected chi connectivity index (χ0v) is 22.7. The van der Waals surface area contributed by atoms with E-state index in [0.29, 0.717) is 10.5 Å². The van der Waals surface area contributed by atoms with Crippen LogP contribution < -0.4 is 24.0 Å². The van der Waals surface area contributed by atoms with Crippen molar-refractivity contribution < 1.29 is 52.7 Å². The van der Waals surface area contributed by atoms with Gasteiger partial charge in [0, 0.05) is 13.1 Å². The first-order valence-corrected chi connectivity index (χ1v) is 9.52.